The minimum atomic E-state index is -0.131. The summed E-state index contributed by atoms with van der Waals surface area (Å²) >= 11 is 0. The lowest BCUT2D eigenvalue weighted by Crippen LogP contribution is -2.47. The van der Waals surface area contributed by atoms with E-state index in [9.17, 15) is 4.79 Å². The first-order valence-corrected chi connectivity index (χ1v) is 7.60. The number of piperidine rings is 1. The summed E-state index contributed by atoms with van der Waals surface area (Å²) in [6, 6.07) is 9.58. The molecule has 0 radical (unpaired) electrons. The second kappa shape index (κ2) is 7.24. The van der Waals surface area contributed by atoms with Gasteiger partial charge in [-0.1, -0.05) is 12.1 Å². The Morgan fingerprint density at radius 3 is 2.76 bits per heavy atom. The number of nitriles is 1. The molecule has 0 aromatic heterocycles. The van der Waals surface area contributed by atoms with Gasteiger partial charge in [0.25, 0.3) is 0 Å². The first-order chi connectivity index (χ1) is 10.1. The molecule has 0 saturated carbocycles. The van der Waals surface area contributed by atoms with E-state index in [4.69, 9.17) is 5.26 Å². The highest BCUT2D eigenvalue weighted by Crippen LogP contribution is 2.14. The molecule has 1 aromatic carbocycles. The number of likely N-dealkylation sites (N-methyl/N-ethyl adjacent to an activating group) is 1. The average Bonchev–Trinajstić information content (AvgIpc) is 2.54. The van der Waals surface area contributed by atoms with Gasteiger partial charge in [0.2, 0.25) is 5.91 Å². The Kier molecular flexibility index (Phi) is 5.35. The van der Waals surface area contributed by atoms with Crippen LogP contribution in [0.25, 0.3) is 0 Å². The molecule has 21 heavy (non-hydrogen) atoms. The van der Waals surface area contributed by atoms with E-state index in [1.165, 1.54) is 6.42 Å². The molecule has 112 valence electrons. The molecule has 1 unspecified atom stereocenters. The maximum Gasteiger partial charge on any atom is 0.239 e. The molecule has 1 heterocycles. The summed E-state index contributed by atoms with van der Waals surface area (Å²) in [5.74, 6) is 0.216. The molecule has 1 amide bonds. The fraction of sp³-hybridized carbons (Fsp3) is 0.529. The van der Waals surface area contributed by atoms with Crippen LogP contribution in [0.3, 0.4) is 0 Å². The summed E-state index contributed by atoms with van der Waals surface area (Å²) < 4.78 is 0. The summed E-state index contributed by atoms with van der Waals surface area (Å²) in [7, 11) is 1.96. The van der Waals surface area contributed by atoms with Crippen molar-refractivity contribution in [2.45, 2.75) is 38.8 Å². The van der Waals surface area contributed by atoms with E-state index in [0.717, 1.165) is 31.5 Å². The Morgan fingerprint density at radius 2 is 2.10 bits per heavy atom. The van der Waals surface area contributed by atoms with E-state index in [1.807, 2.05) is 42.0 Å². The quantitative estimate of drug-likeness (QED) is 0.853. The van der Waals surface area contributed by atoms with E-state index < -0.39 is 0 Å². The molecule has 1 aromatic rings. The number of carbonyl (C=O) groups excluding carboxylic acids is 1. The van der Waals surface area contributed by atoms with Crippen LogP contribution < -0.4 is 0 Å². The smallest absolute Gasteiger partial charge is 0.239 e. The number of rotatable bonds is 4. The standard InChI is InChI=1S/C17H23N3O/c1-14(17(21)20-9-4-3-5-10-20)19(2)13-16-8-6-7-15(11-16)12-18/h6-8,11,14H,3-5,9-10,13H2,1-2H3. The monoisotopic (exact) mass is 285 g/mol. The summed E-state index contributed by atoms with van der Waals surface area (Å²) in [6.07, 6.45) is 3.47. The van der Waals surface area contributed by atoms with Gasteiger partial charge in [0.1, 0.15) is 0 Å². The van der Waals surface area contributed by atoms with Crippen LogP contribution in [0, 0.1) is 11.3 Å². The Bertz CT molecular complexity index is 529. The van der Waals surface area contributed by atoms with Gasteiger partial charge >= 0.3 is 0 Å². The van der Waals surface area contributed by atoms with Crippen LogP contribution in [0.15, 0.2) is 24.3 Å². The van der Waals surface area contributed by atoms with Gasteiger partial charge in [-0.15, -0.1) is 0 Å². The SMILES string of the molecule is CC(C(=O)N1CCCCC1)N(C)Cc1cccc(C#N)c1. The molecule has 2 rings (SSSR count). The number of benzene rings is 1. The molecule has 0 spiro atoms. The number of likely N-dealkylation sites (tertiary alicyclic amines) is 1. The van der Waals surface area contributed by atoms with E-state index in [-0.39, 0.29) is 11.9 Å². The third-order valence-corrected chi connectivity index (χ3v) is 4.17. The number of amides is 1. The maximum atomic E-state index is 12.5. The van der Waals surface area contributed by atoms with Gasteiger partial charge in [0.15, 0.2) is 0 Å². The average molecular weight is 285 g/mol. The zero-order chi connectivity index (χ0) is 15.2. The second-order valence-electron chi connectivity index (χ2n) is 5.79. The van der Waals surface area contributed by atoms with Crippen LogP contribution in [0.4, 0.5) is 0 Å². The van der Waals surface area contributed by atoms with Gasteiger partial charge in [-0.05, 0) is 50.9 Å². The van der Waals surface area contributed by atoms with Gasteiger partial charge in [0.05, 0.1) is 17.7 Å². The van der Waals surface area contributed by atoms with Crippen molar-refractivity contribution in [2.75, 3.05) is 20.1 Å². The molecule has 4 heteroatoms. The van der Waals surface area contributed by atoms with Crippen molar-refractivity contribution in [3.05, 3.63) is 35.4 Å². The fourth-order valence-electron chi connectivity index (χ4n) is 2.73. The van der Waals surface area contributed by atoms with Crippen LogP contribution in [-0.4, -0.2) is 41.9 Å². The van der Waals surface area contributed by atoms with Gasteiger partial charge in [0, 0.05) is 19.6 Å². The predicted molar refractivity (Wildman–Crippen MR) is 82.5 cm³/mol. The van der Waals surface area contributed by atoms with Crippen molar-refractivity contribution in [2.24, 2.45) is 0 Å². The lowest BCUT2D eigenvalue weighted by molar-refractivity contribution is -0.137. The van der Waals surface area contributed by atoms with E-state index in [2.05, 4.69) is 6.07 Å². The van der Waals surface area contributed by atoms with Crippen molar-refractivity contribution in [3.63, 3.8) is 0 Å². The zero-order valence-electron chi connectivity index (χ0n) is 12.9. The minimum absolute atomic E-state index is 0.131. The molecule has 1 fully saturated rings. The normalized spacial score (nSPS) is 16.6. The highest BCUT2D eigenvalue weighted by Gasteiger charge is 2.24. The Hall–Kier alpha value is -1.86. The summed E-state index contributed by atoms with van der Waals surface area (Å²) in [4.78, 5) is 16.5. The Balaban J connectivity index is 1.96. The van der Waals surface area contributed by atoms with E-state index >= 15 is 0 Å². The third kappa shape index (κ3) is 4.05. The molecule has 1 saturated heterocycles. The molecule has 1 atom stereocenters. The van der Waals surface area contributed by atoms with E-state index in [1.54, 1.807) is 6.07 Å². The number of hydrogen-bond acceptors (Lipinski definition) is 3. The first-order valence-electron chi connectivity index (χ1n) is 7.60. The molecule has 1 aliphatic rings. The molecular weight excluding hydrogens is 262 g/mol. The molecule has 0 aliphatic carbocycles. The van der Waals surface area contributed by atoms with Crippen LogP contribution >= 0.6 is 0 Å². The Labute approximate surface area is 127 Å². The fourth-order valence-corrected chi connectivity index (χ4v) is 2.73. The lowest BCUT2D eigenvalue weighted by Gasteiger charge is -2.32. The molecule has 0 bridgehead atoms. The zero-order valence-corrected chi connectivity index (χ0v) is 12.9. The van der Waals surface area contributed by atoms with Crippen molar-refractivity contribution in [1.29, 1.82) is 5.26 Å². The van der Waals surface area contributed by atoms with Crippen molar-refractivity contribution in [3.8, 4) is 6.07 Å². The molecular formula is C17H23N3O. The van der Waals surface area contributed by atoms with Crippen LogP contribution in [-0.2, 0) is 11.3 Å². The van der Waals surface area contributed by atoms with Crippen LogP contribution in [0.2, 0.25) is 0 Å². The highest BCUT2D eigenvalue weighted by atomic mass is 16.2. The largest absolute Gasteiger partial charge is 0.341 e. The van der Waals surface area contributed by atoms with Crippen LogP contribution in [0.5, 0.6) is 0 Å². The maximum absolute atomic E-state index is 12.5. The second-order valence-corrected chi connectivity index (χ2v) is 5.79. The molecule has 1 aliphatic heterocycles. The van der Waals surface area contributed by atoms with E-state index in [0.29, 0.717) is 12.1 Å². The van der Waals surface area contributed by atoms with Gasteiger partial charge in [-0.3, -0.25) is 9.69 Å². The summed E-state index contributed by atoms with van der Waals surface area (Å²) in [5, 5.41) is 8.94. The van der Waals surface area contributed by atoms with Gasteiger partial charge in [-0.2, -0.15) is 5.26 Å². The van der Waals surface area contributed by atoms with Crippen molar-refractivity contribution >= 4 is 5.91 Å². The first kappa shape index (κ1) is 15.5. The number of carbonyl (C=O) groups is 1. The highest BCUT2D eigenvalue weighted by molar-refractivity contribution is 5.81. The number of nitrogens with zero attached hydrogens (tertiary/aromatic N) is 3. The van der Waals surface area contributed by atoms with Gasteiger partial charge in [-0.25, -0.2) is 0 Å². The summed E-state index contributed by atoms with van der Waals surface area (Å²) in [6.45, 7) is 4.42. The summed E-state index contributed by atoms with van der Waals surface area (Å²) in [5.41, 5.74) is 1.73. The number of hydrogen-bond donors (Lipinski definition) is 0. The minimum Gasteiger partial charge on any atom is -0.341 e. The van der Waals surface area contributed by atoms with Crippen molar-refractivity contribution in [1.82, 2.24) is 9.80 Å². The molecule has 4 nitrogen and oxygen atoms in total. The third-order valence-electron chi connectivity index (χ3n) is 4.17. The predicted octanol–water partition coefficient (Wildman–Crippen LogP) is 2.39. The lowest BCUT2D eigenvalue weighted by atomic mass is 10.1. The topological polar surface area (TPSA) is 47.3 Å². The molecule has 0 N–H and O–H groups in total. The van der Waals surface area contributed by atoms with Crippen molar-refractivity contribution < 1.29 is 4.79 Å². The van der Waals surface area contributed by atoms with Gasteiger partial charge < -0.3 is 4.90 Å². The van der Waals surface area contributed by atoms with Crippen LogP contribution in [0.1, 0.15) is 37.3 Å². The Morgan fingerprint density at radius 1 is 1.38 bits per heavy atom.